The van der Waals surface area contributed by atoms with E-state index in [0.717, 1.165) is 20.6 Å². The topological polar surface area (TPSA) is 83.1 Å². The van der Waals surface area contributed by atoms with Crippen molar-refractivity contribution in [2.45, 2.75) is 33.2 Å². The number of rotatable bonds is 4. The predicted octanol–water partition coefficient (Wildman–Crippen LogP) is 5.46. The van der Waals surface area contributed by atoms with Gasteiger partial charge in [-0.25, -0.2) is 0 Å². The third kappa shape index (κ3) is 3.10. The third-order valence-corrected chi connectivity index (χ3v) is 6.69. The molecule has 0 saturated carbocycles. The van der Waals surface area contributed by atoms with E-state index in [1.54, 1.807) is 25.1 Å². The Bertz CT molecular complexity index is 1220. The molecule has 0 saturated heterocycles. The van der Waals surface area contributed by atoms with E-state index in [4.69, 9.17) is 23.2 Å². The molecular weight excluding hydrogens is 419 g/mol. The highest BCUT2D eigenvalue weighted by molar-refractivity contribution is 7.21. The molecule has 28 heavy (non-hydrogen) atoms. The average Bonchev–Trinajstić information content (AvgIpc) is 2.97. The smallest absolute Gasteiger partial charge is 0.271 e. The summed E-state index contributed by atoms with van der Waals surface area (Å²) in [5.74, 6) is -0.988. The lowest BCUT2D eigenvalue weighted by Gasteiger charge is -2.19. The van der Waals surface area contributed by atoms with E-state index in [0.29, 0.717) is 16.8 Å². The summed E-state index contributed by atoms with van der Waals surface area (Å²) < 4.78 is 1.82. The minimum absolute atomic E-state index is 0.0870. The van der Waals surface area contributed by atoms with Gasteiger partial charge in [-0.1, -0.05) is 36.2 Å². The fourth-order valence-corrected chi connectivity index (χ4v) is 4.82. The molecule has 2 heterocycles. The molecule has 3 rings (SSSR count). The summed E-state index contributed by atoms with van der Waals surface area (Å²) in [4.78, 5) is 26.2. The van der Waals surface area contributed by atoms with Crippen LogP contribution in [0.15, 0.2) is 23.0 Å². The number of halogens is 2. The van der Waals surface area contributed by atoms with E-state index in [1.165, 1.54) is 6.92 Å². The van der Waals surface area contributed by atoms with Crippen LogP contribution in [0.25, 0.3) is 10.1 Å². The number of carbonyl (C=O) groups is 1. The molecule has 1 unspecified atom stereocenters. The summed E-state index contributed by atoms with van der Waals surface area (Å²) in [6.45, 7) is 5.06. The Balaban J connectivity index is 2.32. The first kappa shape index (κ1) is 20.4. The van der Waals surface area contributed by atoms with Crippen molar-refractivity contribution >= 4 is 50.4 Å². The SMILES string of the molecule is CCC(C)n1c(O)c(C(=O)c2sc3cc(Cl)ccc3c2Cl)c(C)c(C#N)c1=O. The molecule has 0 bridgehead atoms. The van der Waals surface area contributed by atoms with Gasteiger partial charge in [0.2, 0.25) is 11.7 Å². The highest BCUT2D eigenvalue weighted by Gasteiger charge is 2.29. The normalized spacial score (nSPS) is 12.1. The van der Waals surface area contributed by atoms with Crippen LogP contribution in [0.2, 0.25) is 10.0 Å². The Labute approximate surface area is 175 Å². The quantitative estimate of drug-likeness (QED) is 0.552. The summed E-state index contributed by atoms with van der Waals surface area (Å²) >= 11 is 13.6. The standard InChI is InChI=1S/C20H16Cl2N2O3S/c1-4-9(2)24-19(26)13(8-23)10(3)15(20(24)27)17(25)18-16(22)12-6-5-11(21)7-14(12)28-18/h5-7,9,27H,4H2,1-3H3. The highest BCUT2D eigenvalue weighted by Crippen LogP contribution is 2.39. The number of aromatic hydroxyl groups is 1. The Morgan fingerprint density at radius 2 is 2.07 bits per heavy atom. The summed E-state index contributed by atoms with van der Waals surface area (Å²) in [6, 6.07) is 6.58. The molecule has 1 atom stereocenters. The molecule has 0 aliphatic rings. The van der Waals surface area contributed by atoms with Gasteiger partial charge in [-0.15, -0.1) is 11.3 Å². The molecule has 1 N–H and O–H groups in total. The Hall–Kier alpha value is -2.33. The summed E-state index contributed by atoms with van der Waals surface area (Å²) in [5, 5.41) is 21.7. The van der Waals surface area contributed by atoms with Gasteiger partial charge in [0.15, 0.2) is 0 Å². The van der Waals surface area contributed by atoms with Gasteiger partial charge in [0.25, 0.3) is 5.56 Å². The molecule has 8 heteroatoms. The third-order valence-electron chi connectivity index (χ3n) is 4.80. The van der Waals surface area contributed by atoms with Crippen LogP contribution in [0.3, 0.4) is 0 Å². The van der Waals surface area contributed by atoms with Crippen LogP contribution in [-0.2, 0) is 0 Å². The first-order valence-corrected chi connectivity index (χ1v) is 10.1. The van der Waals surface area contributed by atoms with Gasteiger partial charge in [-0.3, -0.25) is 14.2 Å². The van der Waals surface area contributed by atoms with Gasteiger partial charge < -0.3 is 5.11 Å². The number of thiophene rings is 1. The van der Waals surface area contributed by atoms with Gasteiger partial charge in [0.1, 0.15) is 11.6 Å². The first-order valence-electron chi connectivity index (χ1n) is 8.53. The molecule has 1 aromatic carbocycles. The van der Waals surface area contributed by atoms with E-state index in [-0.39, 0.29) is 32.6 Å². The lowest BCUT2D eigenvalue weighted by molar-refractivity contribution is 0.103. The van der Waals surface area contributed by atoms with Crippen molar-refractivity contribution in [2.75, 3.05) is 0 Å². The van der Waals surface area contributed by atoms with E-state index in [1.807, 2.05) is 13.0 Å². The lowest BCUT2D eigenvalue weighted by Crippen LogP contribution is -2.28. The Morgan fingerprint density at radius 1 is 1.39 bits per heavy atom. The second kappa shape index (κ2) is 7.59. The van der Waals surface area contributed by atoms with Crippen LogP contribution in [0.4, 0.5) is 0 Å². The molecule has 0 fully saturated rings. The zero-order valence-electron chi connectivity index (χ0n) is 15.3. The summed E-state index contributed by atoms with van der Waals surface area (Å²) in [6.07, 6.45) is 0.539. The summed E-state index contributed by atoms with van der Waals surface area (Å²) in [5.41, 5.74) is -0.726. The fourth-order valence-electron chi connectivity index (χ4n) is 3.08. The number of ketones is 1. The van der Waals surface area contributed by atoms with Crippen molar-refractivity contribution in [2.24, 2.45) is 0 Å². The van der Waals surface area contributed by atoms with Crippen molar-refractivity contribution < 1.29 is 9.90 Å². The van der Waals surface area contributed by atoms with Crippen molar-refractivity contribution in [3.8, 4) is 11.9 Å². The highest BCUT2D eigenvalue weighted by atomic mass is 35.5. The number of fused-ring (bicyclic) bond motifs is 1. The fraction of sp³-hybridized carbons (Fsp3) is 0.250. The van der Waals surface area contributed by atoms with E-state index < -0.39 is 17.2 Å². The molecule has 0 spiro atoms. The summed E-state index contributed by atoms with van der Waals surface area (Å²) in [7, 11) is 0. The largest absolute Gasteiger partial charge is 0.494 e. The van der Waals surface area contributed by atoms with E-state index in [2.05, 4.69) is 0 Å². The second-order valence-electron chi connectivity index (χ2n) is 6.46. The van der Waals surface area contributed by atoms with Crippen molar-refractivity contribution in [3.05, 3.63) is 60.2 Å². The molecule has 0 aliphatic heterocycles. The zero-order valence-corrected chi connectivity index (χ0v) is 17.7. The molecule has 3 aromatic rings. The number of nitriles is 1. The number of hydrogen-bond donors (Lipinski definition) is 1. The van der Waals surface area contributed by atoms with Crippen LogP contribution in [0.1, 0.15) is 52.7 Å². The van der Waals surface area contributed by atoms with E-state index >= 15 is 0 Å². The van der Waals surface area contributed by atoms with Crippen LogP contribution in [0.5, 0.6) is 5.88 Å². The Morgan fingerprint density at radius 3 is 2.68 bits per heavy atom. The number of pyridine rings is 1. The number of benzene rings is 1. The van der Waals surface area contributed by atoms with Crippen molar-refractivity contribution in [1.29, 1.82) is 5.26 Å². The van der Waals surface area contributed by atoms with Crippen molar-refractivity contribution in [1.82, 2.24) is 4.57 Å². The minimum Gasteiger partial charge on any atom is -0.494 e. The minimum atomic E-state index is -0.613. The molecule has 144 valence electrons. The van der Waals surface area contributed by atoms with Crippen LogP contribution >= 0.6 is 34.5 Å². The molecule has 2 aromatic heterocycles. The Kier molecular flexibility index (Phi) is 5.53. The van der Waals surface area contributed by atoms with E-state index in [9.17, 15) is 20.0 Å². The van der Waals surface area contributed by atoms with Gasteiger partial charge in [-0.2, -0.15) is 5.26 Å². The van der Waals surface area contributed by atoms with Crippen LogP contribution in [-0.4, -0.2) is 15.5 Å². The second-order valence-corrected chi connectivity index (χ2v) is 8.32. The van der Waals surface area contributed by atoms with Crippen molar-refractivity contribution in [3.63, 3.8) is 0 Å². The zero-order chi connectivity index (χ0) is 20.7. The molecule has 5 nitrogen and oxygen atoms in total. The van der Waals surface area contributed by atoms with Crippen LogP contribution in [0, 0.1) is 18.3 Å². The van der Waals surface area contributed by atoms with Gasteiger partial charge >= 0.3 is 0 Å². The lowest BCUT2D eigenvalue weighted by atomic mass is 10.00. The molecule has 0 amide bonds. The number of nitrogens with zero attached hydrogens (tertiary/aromatic N) is 2. The van der Waals surface area contributed by atoms with Gasteiger partial charge in [-0.05, 0) is 38.0 Å². The molecule has 0 aliphatic carbocycles. The number of aromatic nitrogens is 1. The maximum absolute atomic E-state index is 13.3. The molecular formula is C20H16Cl2N2O3S. The van der Waals surface area contributed by atoms with Crippen LogP contribution < -0.4 is 5.56 Å². The maximum Gasteiger partial charge on any atom is 0.271 e. The maximum atomic E-state index is 13.3. The number of hydrogen-bond acceptors (Lipinski definition) is 5. The van der Waals surface area contributed by atoms with Gasteiger partial charge in [0.05, 0.1) is 15.5 Å². The van der Waals surface area contributed by atoms with Gasteiger partial charge in [0, 0.05) is 21.2 Å². The predicted molar refractivity (Wildman–Crippen MR) is 112 cm³/mol. The average molecular weight is 435 g/mol. The molecule has 0 radical (unpaired) electrons. The number of carbonyl (C=O) groups excluding carboxylic acids is 1. The first-order chi connectivity index (χ1) is 13.2. The monoisotopic (exact) mass is 434 g/mol.